The zero-order valence-corrected chi connectivity index (χ0v) is 10.3. The molecule has 0 radical (unpaired) electrons. The quantitative estimate of drug-likeness (QED) is 0.703. The molecule has 0 spiro atoms. The largest absolute Gasteiger partial charge is 0.494 e. The van der Waals surface area contributed by atoms with Crippen LogP contribution in [0.5, 0.6) is 11.5 Å². The second-order valence-electron chi connectivity index (χ2n) is 4.02. The first-order valence-electron chi connectivity index (χ1n) is 5.58. The summed E-state index contributed by atoms with van der Waals surface area (Å²) < 4.78 is 43.1. The van der Waals surface area contributed by atoms with Crippen LogP contribution < -0.4 is 9.47 Å². The molecule has 0 atom stereocenters. The molecule has 0 saturated heterocycles. The minimum Gasteiger partial charge on any atom is -0.494 e. The number of hydrogen-bond acceptors (Lipinski definition) is 3. The molecule has 2 aromatic carbocycles. The van der Waals surface area contributed by atoms with E-state index in [2.05, 4.69) is 0 Å². The van der Waals surface area contributed by atoms with Crippen LogP contribution in [-0.2, 0) is 0 Å². The van der Waals surface area contributed by atoms with Gasteiger partial charge in [0.2, 0.25) is 11.6 Å². The van der Waals surface area contributed by atoms with E-state index in [1.54, 1.807) is 12.1 Å². The van der Waals surface area contributed by atoms with E-state index < -0.39 is 11.6 Å². The van der Waals surface area contributed by atoms with Crippen LogP contribution in [0.15, 0.2) is 28.7 Å². The van der Waals surface area contributed by atoms with Crippen LogP contribution in [0.25, 0.3) is 21.9 Å². The fraction of sp³-hybridized carbons (Fsp3) is 0.143. The Morgan fingerprint density at radius 2 is 1.21 bits per heavy atom. The Bertz CT molecular complexity index is 713. The van der Waals surface area contributed by atoms with E-state index in [4.69, 9.17) is 13.9 Å². The van der Waals surface area contributed by atoms with Crippen molar-refractivity contribution in [3.63, 3.8) is 0 Å². The number of halogens is 2. The Morgan fingerprint density at radius 3 is 1.58 bits per heavy atom. The van der Waals surface area contributed by atoms with E-state index in [0.29, 0.717) is 10.8 Å². The van der Waals surface area contributed by atoms with Gasteiger partial charge in [0.1, 0.15) is 0 Å². The van der Waals surface area contributed by atoms with Gasteiger partial charge in [0.15, 0.2) is 22.7 Å². The molecule has 3 aromatic rings. The third-order valence-electron chi connectivity index (χ3n) is 3.06. The molecule has 1 aromatic heterocycles. The SMILES string of the molecule is COc1ccc2c(oc3c(F)c(OC)ccc32)c1F. The van der Waals surface area contributed by atoms with E-state index in [0.717, 1.165) is 0 Å². The van der Waals surface area contributed by atoms with Gasteiger partial charge in [-0.15, -0.1) is 0 Å². The maximum atomic E-state index is 14.0. The van der Waals surface area contributed by atoms with Crippen LogP contribution in [-0.4, -0.2) is 14.2 Å². The fourth-order valence-electron chi connectivity index (χ4n) is 2.12. The maximum absolute atomic E-state index is 14.0. The van der Waals surface area contributed by atoms with Crippen LogP contribution in [0.1, 0.15) is 0 Å². The van der Waals surface area contributed by atoms with Crippen LogP contribution in [0.4, 0.5) is 8.78 Å². The van der Waals surface area contributed by atoms with Gasteiger partial charge in [-0.2, -0.15) is 8.78 Å². The second-order valence-corrected chi connectivity index (χ2v) is 4.02. The predicted molar refractivity (Wildman–Crippen MR) is 66.7 cm³/mol. The summed E-state index contributed by atoms with van der Waals surface area (Å²) in [4.78, 5) is 0. The lowest BCUT2D eigenvalue weighted by Gasteiger charge is -2.00. The fourth-order valence-corrected chi connectivity index (χ4v) is 2.12. The van der Waals surface area contributed by atoms with Crippen LogP contribution in [0, 0.1) is 11.6 Å². The van der Waals surface area contributed by atoms with Crippen molar-refractivity contribution in [3.8, 4) is 11.5 Å². The van der Waals surface area contributed by atoms with Crippen molar-refractivity contribution in [3.05, 3.63) is 35.9 Å². The monoisotopic (exact) mass is 264 g/mol. The molecule has 0 fully saturated rings. The molecule has 0 aliphatic carbocycles. The number of ether oxygens (including phenoxy) is 2. The average Bonchev–Trinajstić information content (AvgIpc) is 2.80. The molecular formula is C14H10F2O3. The third-order valence-corrected chi connectivity index (χ3v) is 3.06. The Morgan fingerprint density at radius 1 is 0.789 bits per heavy atom. The number of benzene rings is 2. The molecule has 98 valence electrons. The predicted octanol–water partition coefficient (Wildman–Crippen LogP) is 3.88. The minimum atomic E-state index is -0.644. The summed E-state index contributed by atoms with van der Waals surface area (Å²) in [6.07, 6.45) is 0. The van der Waals surface area contributed by atoms with E-state index in [1.165, 1.54) is 26.4 Å². The van der Waals surface area contributed by atoms with Crippen LogP contribution >= 0.6 is 0 Å². The molecule has 0 aliphatic rings. The van der Waals surface area contributed by atoms with Crippen molar-refractivity contribution < 1.29 is 22.7 Å². The van der Waals surface area contributed by atoms with Gasteiger partial charge in [-0.05, 0) is 24.3 Å². The lowest BCUT2D eigenvalue weighted by Crippen LogP contribution is -1.87. The van der Waals surface area contributed by atoms with E-state index in [9.17, 15) is 8.78 Å². The highest BCUT2D eigenvalue weighted by molar-refractivity contribution is 6.06. The highest BCUT2D eigenvalue weighted by Gasteiger charge is 2.19. The molecule has 3 nitrogen and oxygen atoms in total. The van der Waals surface area contributed by atoms with Crippen molar-refractivity contribution in [2.45, 2.75) is 0 Å². The number of methoxy groups -OCH3 is 2. The zero-order chi connectivity index (χ0) is 13.6. The average molecular weight is 264 g/mol. The summed E-state index contributed by atoms with van der Waals surface area (Å²) in [5.41, 5.74) is -0.0528. The van der Waals surface area contributed by atoms with Crippen molar-refractivity contribution in [2.75, 3.05) is 14.2 Å². The first-order chi connectivity index (χ1) is 9.17. The Hall–Kier alpha value is -2.30. The first-order valence-corrected chi connectivity index (χ1v) is 5.58. The standard InChI is InChI=1S/C14H10F2O3/c1-17-9-5-3-7-8-4-6-10(18-2)12(16)14(8)19-13(7)11(9)15/h3-6H,1-2H3. The third kappa shape index (κ3) is 1.54. The van der Waals surface area contributed by atoms with Gasteiger partial charge in [0.05, 0.1) is 14.2 Å². The van der Waals surface area contributed by atoms with Gasteiger partial charge >= 0.3 is 0 Å². The van der Waals surface area contributed by atoms with Crippen molar-refractivity contribution in [2.24, 2.45) is 0 Å². The molecule has 19 heavy (non-hydrogen) atoms. The minimum absolute atomic E-state index is 0.0264. The lowest BCUT2D eigenvalue weighted by atomic mass is 10.1. The highest BCUT2D eigenvalue weighted by Crippen LogP contribution is 2.37. The summed E-state index contributed by atoms with van der Waals surface area (Å²) in [7, 11) is 2.72. The van der Waals surface area contributed by atoms with Crippen molar-refractivity contribution >= 4 is 21.9 Å². The molecule has 1 heterocycles. The van der Waals surface area contributed by atoms with E-state index in [1.807, 2.05) is 0 Å². The summed E-state index contributed by atoms with van der Waals surface area (Å²) in [5, 5.41) is 0.990. The second kappa shape index (κ2) is 4.12. The lowest BCUT2D eigenvalue weighted by molar-refractivity contribution is 0.382. The Kier molecular flexibility index (Phi) is 2.55. The van der Waals surface area contributed by atoms with Crippen LogP contribution in [0.3, 0.4) is 0 Å². The topological polar surface area (TPSA) is 31.6 Å². The van der Waals surface area contributed by atoms with Gasteiger partial charge in [-0.25, -0.2) is 0 Å². The smallest absolute Gasteiger partial charge is 0.208 e. The molecule has 0 aliphatic heterocycles. The van der Waals surface area contributed by atoms with Crippen molar-refractivity contribution in [1.29, 1.82) is 0 Å². The number of rotatable bonds is 2. The summed E-state index contributed by atoms with van der Waals surface area (Å²) in [6, 6.07) is 6.23. The first kappa shape index (κ1) is 11.8. The normalized spacial score (nSPS) is 11.2. The molecular weight excluding hydrogens is 254 g/mol. The number of furan rings is 1. The highest BCUT2D eigenvalue weighted by atomic mass is 19.1. The Labute approximate surface area is 107 Å². The van der Waals surface area contributed by atoms with Gasteiger partial charge in [0.25, 0.3) is 0 Å². The van der Waals surface area contributed by atoms with E-state index >= 15 is 0 Å². The molecule has 0 unspecified atom stereocenters. The number of hydrogen-bond donors (Lipinski definition) is 0. The molecule has 0 N–H and O–H groups in total. The molecule has 0 bridgehead atoms. The molecule has 3 rings (SSSR count). The molecule has 0 saturated carbocycles. The zero-order valence-electron chi connectivity index (χ0n) is 10.3. The Balaban J connectivity index is 2.44. The van der Waals surface area contributed by atoms with Crippen molar-refractivity contribution in [1.82, 2.24) is 0 Å². The maximum Gasteiger partial charge on any atom is 0.208 e. The molecule has 5 heteroatoms. The van der Waals surface area contributed by atoms with Gasteiger partial charge in [-0.3, -0.25) is 0 Å². The van der Waals surface area contributed by atoms with Gasteiger partial charge in [0, 0.05) is 10.8 Å². The van der Waals surface area contributed by atoms with Crippen LogP contribution in [0.2, 0.25) is 0 Å². The molecule has 0 amide bonds. The number of fused-ring (bicyclic) bond motifs is 3. The summed E-state index contributed by atoms with van der Waals surface area (Å²) >= 11 is 0. The summed E-state index contributed by atoms with van der Waals surface area (Å²) in [6.45, 7) is 0. The van der Waals surface area contributed by atoms with Gasteiger partial charge in [-0.1, -0.05) is 0 Å². The van der Waals surface area contributed by atoms with Gasteiger partial charge < -0.3 is 13.9 Å². The van der Waals surface area contributed by atoms with E-state index in [-0.39, 0.29) is 22.7 Å². The summed E-state index contributed by atoms with van der Waals surface area (Å²) in [5.74, 6) is -1.18.